The summed E-state index contributed by atoms with van der Waals surface area (Å²) in [5.41, 5.74) is 0. The summed E-state index contributed by atoms with van der Waals surface area (Å²) < 4.78 is 4.90. The van der Waals surface area contributed by atoms with Crippen molar-refractivity contribution in [2.45, 2.75) is 70.8 Å². The molecule has 0 saturated carbocycles. The van der Waals surface area contributed by atoms with Crippen LogP contribution in [0.4, 0.5) is 0 Å². The van der Waals surface area contributed by atoms with E-state index in [2.05, 4.69) is 32.9 Å². The average molecular weight is 326 g/mol. The third kappa shape index (κ3) is 5.27. The van der Waals surface area contributed by atoms with Crippen molar-refractivity contribution in [1.29, 1.82) is 0 Å². The molecule has 4 nitrogen and oxygen atoms in total. The van der Waals surface area contributed by atoms with Gasteiger partial charge in [0.2, 0.25) is 0 Å². The summed E-state index contributed by atoms with van der Waals surface area (Å²) in [5.74, 6) is -0.439. The molecule has 0 N–H and O–H groups in total. The van der Waals surface area contributed by atoms with Crippen LogP contribution in [-0.2, 0) is 14.3 Å². The topological polar surface area (TPSA) is 46.6 Å². The number of allylic oxidation sites excluding steroid dienone is 1. The van der Waals surface area contributed by atoms with Crippen molar-refractivity contribution < 1.29 is 14.3 Å². The third-order valence-electron chi connectivity index (χ3n) is 5.11. The zero-order chi connectivity index (χ0) is 16.6. The lowest BCUT2D eigenvalue weighted by Crippen LogP contribution is -2.58. The Morgan fingerprint density at radius 1 is 1.23 bits per heavy atom. The summed E-state index contributed by atoms with van der Waals surface area (Å²) in [7, 11) is -0.995. The van der Waals surface area contributed by atoms with Crippen molar-refractivity contribution in [2.24, 2.45) is 0 Å². The van der Waals surface area contributed by atoms with E-state index in [1.165, 1.54) is 37.5 Å². The van der Waals surface area contributed by atoms with E-state index >= 15 is 0 Å². The molecule has 1 saturated heterocycles. The van der Waals surface area contributed by atoms with Gasteiger partial charge in [0.25, 0.3) is 5.91 Å². The van der Waals surface area contributed by atoms with Crippen molar-refractivity contribution in [3.63, 3.8) is 0 Å². The average Bonchev–Trinajstić information content (AvgIpc) is 2.52. The number of hydrogen-bond donors (Lipinski definition) is 0. The van der Waals surface area contributed by atoms with Gasteiger partial charge in [-0.25, -0.2) is 0 Å². The van der Waals surface area contributed by atoms with E-state index in [0.717, 1.165) is 13.0 Å². The lowest BCUT2D eigenvalue weighted by molar-refractivity contribution is -0.172. The number of β-lactam (4-membered cyclic amide) rings is 1. The lowest BCUT2D eigenvalue weighted by atomic mass is 10.1. The highest BCUT2D eigenvalue weighted by molar-refractivity contribution is 6.79. The highest BCUT2D eigenvalue weighted by atomic mass is 28.3. The Morgan fingerprint density at radius 2 is 1.82 bits per heavy atom. The molecule has 0 aromatic heterocycles. The predicted octanol–water partition coefficient (Wildman–Crippen LogP) is 3.61. The van der Waals surface area contributed by atoms with Crippen LogP contribution >= 0.6 is 0 Å². The largest absolute Gasteiger partial charge is 0.451 e. The van der Waals surface area contributed by atoms with Gasteiger partial charge in [-0.15, -0.1) is 0 Å². The molecule has 1 unspecified atom stereocenters. The maximum absolute atomic E-state index is 11.7. The minimum Gasteiger partial charge on any atom is -0.451 e. The number of likely N-dealkylation sites (tertiary alicyclic amines) is 1. The second-order valence-corrected chi connectivity index (χ2v) is 11.9. The fourth-order valence-corrected chi connectivity index (χ4v) is 6.42. The van der Waals surface area contributed by atoms with Gasteiger partial charge in [-0.05, 0) is 12.8 Å². The van der Waals surface area contributed by atoms with E-state index in [1.54, 1.807) is 4.90 Å². The Kier molecular flexibility index (Phi) is 7.86. The lowest BCUT2D eigenvalue weighted by Gasteiger charge is -2.37. The third-order valence-corrected chi connectivity index (χ3v) is 11.0. The van der Waals surface area contributed by atoms with E-state index in [1.807, 2.05) is 0 Å². The number of rotatable bonds is 10. The molecule has 1 amide bonds. The summed E-state index contributed by atoms with van der Waals surface area (Å²) in [4.78, 5) is 24.2. The van der Waals surface area contributed by atoms with E-state index in [-0.39, 0.29) is 11.9 Å². The molecule has 0 aromatic carbocycles. The van der Waals surface area contributed by atoms with E-state index in [4.69, 9.17) is 4.74 Å². The Morgan fingerprint density at radius 3 is 2.32 bits per heavy atom. The van der Waals surface area contributed by atoms with E-state index < -0.39 is 14.2 Å². The van der Waals surface area contributed by atoms with Gasteiger partial charge in [-0.3, -0.25) is 9.59 Å². The first-order chi connectivity index (χ1) is 10.5. The molecule has 1 aliphatic rings. The molecule has 1 rings (SSSR count). The molecule has 0 spiro atoms. The minimum atomic E-state index is -0.995. The molecule has 1 atom stereocenters. The highest BCUT2D eigenvalue weighted by Gasteiger charge is 2.38. The predicted molar refractivity (Wildman–Crippen MR) is 92.5 cm³/mol. The second-order valence-electron chi connectivity index (χ2n) is 6.24. The molecule has 1 heterocycles. The van der Waals surface area contributed by atoms with Crippen molar-refractivity contribution in [3.05, 3.63) is 12.2 Å². The minimum absolute atomic E-state index is 0.0574. The summed E-state index contributed by atoms with van der Waals surface area (Å²) in [6.45, 7) is 9.65. The maximum atomic E-state index is 11.7. The maximum Gasteiger partial charge on any atom is 0.303 e. The van der Waals surface area contributed by atoms with Crippen LogP contribution in [0.25, 0.3) is 0 Å². The zero-order valence-electron chi connectivity index (χ0n) is 14.6. The van der Waals surface area contributed by atoms with Crippen molar-refractivity contribution in [2.75, 3.05) is 13.1 Å². The molecular weight excluding hydrogens is 294 g/mol. The molecule has 5 heteroatoms. The van der Waals surface area contributed by atoms with Crippen LogP contribution in [0, 0.1) is 0 Å². The van der Waals surface area contributed by atoms with Gasteiger partial charge in [-0.2, -0.15) is 0 Å². The van der Waals surface area contributed by atoms with Gasteiger partial charge in [0.1, 0.15) is 0 Å². The fraction of sp³-hybridized carbons (Fsp3) is 0.765. The number of amides is 1. The van der Waals surface area contributed by atoms with Gasteiger partial charge >= 0.3 is 5.97 Å². The Hall–Kier alpha value is -1.10. The summed E-state index contributed by atoms with van der Waals surface area (Å²) >= 11 is 0. The second kappa shape index (κ2) is 9.13. The van der Waals surface area contributed by atoms with Crippen molar-refractivity contribution in [3.8, 4) is 0 Å². The smallest absolute Gasteiger partial charge is 0.303 e. The molecular formula is C17H31NO3Si. The Labute approximate surface area is 135 Å². The van der Waals surface area contributed by atoms with Crippen LogP contribution in [0.2, 0.25) is 24.2 Å². The van der Waals surface area contributed by atoms with Crippen LogP contribution in [0.15, 0.2) is 12.2 Å². The molecule has 0 radical (unpaired) electrons. The van der Waals surface area contributed by atoms with Gasteiger partial charge in [0.15, 0.2) is 6.10 Å². The van der Waals surface area contributed by atoms with Crippen LogP contribution < -0.4 is 0 Å². The van der Waals surface area contributed by atoms with E-state index in [0.29, 0.717) is 6.54 Å². The van der Waals surface area contributed by atoms with Crippen LogP contribution in [-0.4, -0.2) is 44.0 Å². The molecule has 0 aromatic rings. The molecule has 0 bridgehead atoms. The number of carbonyl (C=O) groups is 2. The van der Waals surface area contributed by atoms with Crippen LogP contribution in [0.3, 0.4) is 0 Å². The monoisotopic (exact) mass is 325 g/mol. The summed E-state index contributed by atoms with van der Waals surface area (Å²) in [6, 6.07) is 5.53. The quantitative estimate of drug-likeness (QED) is 0.267. The first-order valence-electron chi connectivity index (χ1n) is 8.59. The Bertz CT molecular complexity index is 396. The van der Waals surface area contributed by atoms with Crippen molar-refractivity contribution in [1.82, 2.24) is 4.90 Å². The first kappa shape index (κ1) is 18.9. The SMILES string of the molecule is CC[Si](CC)(CC)CC/C=C\CCN1CC(OC(C)=O)C1=O. The van der Waals surface area contributed by atoms with Gasteiger partial charge in [-0.1, -0.05) is 57.1 Å². The summed E-state index contributed by atoms with van der Waals surface area (Å²) in [6.07, 6.45) is 5.98. The van der Waals surface area contributed by atoms with Gasteiger partial charge in [0.05, 0.1) is 14.6 Å². The number of ether oxygens (including phenoxy) is 1. The van der Waals surface area contributed by atoms with Gasteiger partial charge in [0, 0.05) is 13.5 Å². The number of esters is 1. The molecule has 22 heavy (non-hydrogen) atoms. The normalized spacial score (nSPS) is 18.6. The van der Waals surface area contributed by atoms with E-state index in [9.17, 15) is 9.59 Å². The number of nitrogens with zero attached hydrogens (tertiary/aromatic N) is 1. The number of carbonyl (C=O) groups excluding carboxylic acids is 2. The van der Waals surface area contributed by atoms with Gasteiger partial charge < -0.3 is 9.64 Å². The molecule has 0 aliphatic carbocycles. The standard InChI is InChI=1S/C17H31NO3Si/c1-5-22(6-2,7-3)13-11-9-8-10-12-18-14-16(17(18)20)21-15(4)19/h8-9,16H,5-7,10-14H2,1-4H3/b9-8-. The van der Waals surface area contributed by atoms with Crippen LogP contribution in [0.5, 0.6) is 0 Å². The summed E-state index contributed by atoms with van der Waals surface area (Å²) in [5, 5.41) is 0. The fourth-order valence-electron chi connectivity index (χ4n) is 3.08. The van der Waals surface area contributed by atoms with Crippen LogP contribution in [0.1, 0.15) is 40.5 Å². The molecule has 126 valence electrons. The molecule has 1 fully saturated rings. The highest BCUT2D eigenvalue weighted by Crippen LogP contribution is 2.26. The van der Waals surface area contributed by atoms with Crippen molar-refractivity contribution >= 4 is 20.0 Å². The number of hydrogen-bond acceptors (Lipinski definition) is 3. The zero-order valence-corrected chi connectivity index (χ0v) is 15.6. The molecule has 1 aliphatic heterocycles. The first-order valence-corrected chi connectivity index (χ1v) is 11.4. The Balaban J connectivity index is 2.18.